The highest BCUT2D eigenvalue weighted by Gasteiger charge is 2.25. The molecule has 8 heteroatoms. The molecule has 0 unspecified atom stereocenters. The minimum Gasteiger partial charge on any atom is -0.378 e. The van der Waals surface area contributed by atoms with Crippen LogP contribution in [0.2, 0.25) is 0 Å². The molecule has 0 spiro atoms. The van der Waals surface area contributed by atoms with E-state index < -0.39 is 20.8 Å². The van der Waals surface area contributed by atoms with Gasteiger partial charge in [-0.25, -0.2) is 12.8 Å². The summed E-state index contributed by atoms with van der Waals surface area (Å²) in [5, 5.41) is 0. The van der Waals surface area contributed by atoms with Crippen molar-refractivity contribution in [2.45, 2.75) is 11.8 Å². The van der Waals surface area contributed by atoms with Crippen molar-refractivity contribution in [1.29, 1.82) is 0 Å². The largest absolute Gasteiger partial charge is 0.378 e. The van der Waals surface area contributed by atoms with Crippen LogP contribution >= 0.6 is 10.7 Å². The van der Waals surface area contributed by atoms with Crippen LogP contribution in [0.1, 0.15) is 15.9 Å². The van der Waals surface area contributed by atoms with Crippen molar-refractivity contribution in [3.8, 4) is 0 Å². The molecule has 0 bridgehead atoms. The monoisotopic (exact) mass is 321 g/mol. The highest BCUT2D eigenvalue weighted by molar-refractivity contribution is 8.13. The van der Waals surface area contributed by atoms with Crippen LogP contribution in [-0.4, -0.2) is 45.5 Å². The summed E-state index contributed by atoms with van der Waals surface area (Å²) in [6, 6.07) is 1.99. The second kappa shape index (κ2) is 5.67. The summed E-state index contributed by atoms with van der Waals surface area (Å²) in [6.07, 6.45) is 0. The van der Waals surface area contributed by atoms with Crippen LogP contribution in [0.5, 0.6) is 0 Å². The smallest absolute Gasteiger partial charge is 0.261 e. The van der Waals surface area contributed by atoms with Gasteiger partial charge in [-0.1, -0.05) is 0 Å². The third-order valence-electron chi connectivity index (χ3n) is 3.06. The molecular formula is C12H13ClFNO4S. The summed E-state index contributed by atoms with van der Waals surface area (Å²) >= 11 is 0. The van der Waals surface area contributed by atoms with Gasteiger partial charge in [0.1, 0.15) is 5.82 Å². The Kier molecular flexibility index (Phi) is 4.31. The molecular weight excluding hydrogens is 309 g/mol. The molecule has 0 aromatic heterocycles. The van der Waals surface area contributed by atoms with Crippen LogP contribution in [0.3, 0.4) is 0 Å². The van der Waals surface area contributed by atoms with E-state index in [0.717, 1.165) is 12.1 Å². The first-order chi connectivity index (χ1) is 9.30. The minimum atomic E-state index is -4.03. The summed E-state index contributed by atoms with van der Waals surface area (Å²) in [4.78, 5) is 13.4. The molecule has 0 radical (unpaired) electrons. The highest BCUT2D eigenvalue weighted by Crippen LogP contribution is 2.24. The number of halogens is 2. The minimum absolute atomic E-state index is 0.163. The molecule has 1 heterocycles. The zero-order valence-electron chi connectivity index (χ0n) is 10.7. The van der Waals surface area contributed by atoms with E-state index in [-0.39, 0.29) is 16.0 Å². The van der Waals surface area contributed by atoms with E-state index in [1.807, 2.05) is 0 Å². The lowest BCUT2D eigenvalue weighted by Crippen LogP contribution is -2.41. The van der Waals surface area contributed by atoms with Crippen LogP contribution in [0, 0.1) is 12.7 Å². The first kappa shape index (κ1) is 15.2. The fourth-order valence-corrected chi connectivity index (χ4v) is 3.22. The Bertz CT molecular complexity index is 641. The number of amides is 1. The van der Waals surface area contributed by atoms with Crippen LogP contribution < -0.4 is 0 Å². The standard InChI is InChI=1S/C12H13ClFNO4S/c1-8-6-10(14)9(7-11(8)20(13,17)18)12(16)15-2-4-19-5-3-15/h6-7H,2-5H2,1H3. The molecule has 1 fully saturated rings. The van der Waals surface area contributed by atoms with Gasteiger partial charge in [0.25, 0.3) is 15.0 Å². The number of carbonyl (C=O) groups is 1. The van der Waals surface area contributed by atoms with Gasteiger partial charge in [-0.3, -0.25) is 4.79 Å². The van der Waals surface area contributed by atoms with E-state index in [9.17, 15) is 17.6 Å². The fraction of sp³-hybridized carbons (Fsp3) is 0.417. The first-order valence-electron chi connectivity index (χ1n) is 5.92. The Morgan fingerprint density at radius 3 is 2.50 bits per heavy atom. The van der Waals surface area contributed by atoms with Crippen LogP contribution in [0.25, 0.3) is 0 Å². The zero-order chi connectivity index (χ0) is 14.9. The Morgan fingerprint density at radius 1 is 1.35 bits per heavy atom. The average molecular weight is 322 g/mol. The van der Waals surface area contributed by atoms with Crippen molar-refractivity contribution in [2.75, 3.05) is 26.3 Å². The van der Waals surface area contributed by atoms with E-state index >= 15 is 0 Å². The van der Waals surface area contributed by atoms with Crippen LogP contribution in [0.4, 0.5) is 4.39 Å². The molecule has 2 rings (SSSR count). The predicted molar refractivity (Wildman–Crippen MR) is 70.9 cm³/mol. The van der Waals surface area contributed by atoms with Crippen molar-refractivity contribution in [3.63, 3.8) is 0 Å². The molecule has 1 aromatic rings. The fourth-order valence-electron chi connectivity index (χ4n) is 2.02. The Hall–Kier alpha value is -1.18. The van der Waals surface area contributed by atoms with Gasteiger partial charge in [-0.15, -0.1) is 0 Å². The van der Waals surface area contributed by atoms with Crippen LogP contribution in [0.15, 0.2) is 17.0 Å². The Morgan fingerprint density at radius 2 is 1.95 bits per heavy atom. The van der Waals surface area contributed by atoms with Crippen molar-refractivity contribution >= 4 is 25.6 Å². The van der Waals surface area contributed by atoms with Gasteiger partial charge in [0, 0.05) is 23.8 Å². The highest BCUT2D eigenvalue weighted by atomic mass is 35.7. The number of hydrogen-bond donors (Lipinski definition) is 0. The number of rotatable bonds is 2. The van der Waals surface area contributed by atoms with Gasteiger partial charge in [-0.05, 0) is 24.6 Å². The van der Waals surface area contributed by atoms with Gasteiger partial charge in [-0.2, -0.15) is 0 Å². The number of hydrogen-bond acceptors (Lipinski definition) is 4. The molecule has 1 amide bonds. The van der Waals surface area contributed by atoms with Crippen molar-refractivity contribution < 1.29 is 22.3 Å². The summed E-state index contributed by atoms with van der Waals surface area (Å²) in [5.74, 6) is -1.32. The SMILES string of the molecule is Cc1cc(F)c(C(=O)N2CCOCC2)cc1S(=O)(=O)Cl. The third-order valence-corrected chi connectivity index (χ3v) is 4.52. The van der Waals surface area contributed by atoms with Gasteiger partial charge >= 0.3 is 0 Å². The maximum absolute atomic E-state index is 13.9. The predicted octanol–water partition coefficient (Wildman–Crippen LogP) is 1.53. The van der Waals surface area contributed by atoms with Gasteiger partial charge in [0.15, 0.2) is 0 Å². The molecule has 0 saturated carbocycles. The Balaban J connectivity index is 2.43. The van der Waals surface area contributed by atoms with E-state index in [1.165, 1.54) is 11.8 Å². The lowest BCUT2D eigenvalue weighted by atomic mass is 10.1. The number of nitrogens with zero attached hydrogens (tertiary/aromatic N) is 1. The maximum Gasteiger partial charge on any atom is 0.261 e. The lowest BCUT2D eigenvalue weighted by Gasteiger charge is -2.27. The van der Waals surface area contributed by atoms with E-state index in [2.05, 4.69) is 0 Å². The van der Waals surface area contributed by atoms with Gasteiger partial charge < -0.3 is 9.64 Å². The topological polar surface area (TPSA) is 63.7 Å². The van der Waals surface area contributed by atoms with Crippen molar-refractivity contribution in [3.05, 3.63) is 29.1 Å². The van der Waals surface area contributed by atoms with Crippen molar-refractivity contribution in [1.82, 2.24) is 4.90 Å². The number of benzene rings is 1. The summed E-state index contributed by atoms with van der Waals surface area (Å²) < 4.78 is 41.8. The number of ether oxygens (including phenoxy) is 1. The molecule has 0 aliphatic carbocycles. The summed E-state index contributed by atoms with van der Waals surface area (Å²) in [7, 11) is 1.26. The molecule has 0 N–H and O–H groups in total. The molecule has 5 nitrogen and oxygen atoms in total. The van der Waals surface area contributed by atoms with Crippen LogP contribution in [-0.2, 0) is 13.8 Å². The normalized spacial score (nSPS) is 16.2. The summed E-state index contributed by atoms with van der Waals surface area (Å²) in [6.45, 7) is 2.85. The number of morpholine rings is 1. The Labute approximate surface area is 120 Å². The molecule has 1 aliphatic rings. The quantitative estimate of drug-likeness (QED) is 0.775. The van der Waals surface area contributed by atoms with Gasteiger partial charge in [0.2, 0.25) is 0 Å². The number of aryl methyl sites for hydroxylation is 1. The van der Waals surface area contributed by atoms with E-state index in [4.69, 9.17) is 15.4 Å². The molecule has 1 aromatic carbocycles. The molecule has 1 aliphatic heterocycles. The molecule has 1 saturated heterocycles. The molecule has 110 valence electrons. The molecule has 0 atom stereocenters. The third kappa shape index (κ3) is 3.11. The average Bonchev–Trinajstić information content (AvgIpc) is 2.37. The number of carbonyl (C=O) groups excluding carboxylic acids is 1. The summed E-state index contributed by atoms with van der Waals surface area (Å²) in [5.41, 5.74) is -0.132. The lowest BCUT2D eigenvalue weighted by molar-refractivity contribution is 0.0299. The first-order valence-corrected chi connectivity index (χ1v) is 8.23. The second-order valence-electron chi connectivity index (χ2n) is 4.44. The van der Waals surface area contributed by atoms with Crippen molar-refractivity contribution in [2.24, 2.45) is 0 Å². The van der Waals surface area contributed by atoms with E-state index in [1.54, 1.807) is 0 Å². The second-order valence-corrected chi connectivity index (χ2v) is 6.97. The van der Waals surface area contributed by atoms with Gasteiger partial charge in [0.05, 0.1) is 23.7 Å². The maximum atomic E-state index is 13.9. The van der Waals surface area contributed by atoms with E-state index in [0.29, 0.717) is 26.3 Å². The molecule has 20 heavy (non-hydrogen) atoms. The zero-order valence-corrected chi connectivity index (χ0v) is 12.3.